The Labute approximate surface area is 99.1 Å². The molecular weight excluding hydrogens is 239 g/mol. The molecule has 2 aromatic rings. The Bertz CT molecular complexity index is 556. The zero-order chi connectivity index (χ0) is 12.3. The highest BCUT2D eigenvalue weighted by Crippen LogP contribution is 2.35. The van der Waals surface area contributed by atoms with Crippen molar-refractivity contribution < 1.29 is 18.9 Å². The molecule has 90 valence electrons. The quantitative estimate of drug-likeness (QED) is 0.820. The van der Waals surface area contributed by atoms with Gasteiger partial charge in [-0.3, -0.25) is 4.52 Å². The molecule has 5 heteroatoms. The first kappa shape index (κ1) is 12.3. The van der Waals surface area contributed by atoms with Crippen molar-refractivity contribution in [2.45, 2.75) is 6.42 Å². The number of hydrogen-bond acceptors (Lipinski definition) is 2. The van der Waals surface area contributed by atoms with E-state index in [0.717, 1.165) is 16.3 Å². The van der Waals surface area contributed by atoms with Crippen molar-refractivity contribution >= 4 is 18.6 Å². The zero-order valence-electron chi connectivity index (χ0n) is 9.11. The Morgan fingerprint density at radius 3 is 2.53 bits per heavy atom. The Balaban J connectivity index is 2.16. The van der Waals surface area contributed by atoms with E-state index in [1.807, 2.05) is 42.5 Å². The van der Waals surface area contributed by atoms with Crippen molar-refractivity contribution in [3.8, 4) is 0 Å². The van der Waals surface area contributed by atoms with Crippen LogP contribution in [0.3, 0.4) is 0 Å². The lowest BCUT2D eigenvalue weighted by Gasteiger charge is -2.07. The molecule has 17 heavy (non-hydrogen) atoms. The Morgan fingerprint density at radius 2 is 1.76 bits per heavy atom. The molecule has 0 aliphatic heterocycles. The molecule has 0 aliphatic carbocycles. The predicted octanol–water partition coefficient (Wildman–Crippen LogP) is 2.49. The van der Waals surface area contributed by atoms with Crippen LogP contribution in [0.15, 0.2) is 42.5 Å². The first-order valence-electron chi connectivity index (χ1n) is 5.23. The number of fused-ring (bicyclic) bond motifs is 1. The second-order valence-electron chi connectivity index (χ2n) is 3.71. The van der Waals surface area contributed by atoms with Crippen molar-refractivity contribution in [2.75, 3.05) is 6.61 Å². The zero-order valence-corrected chi connectivity index (χ0v) is 10.0. The normalized spacial score (nSPS) is 11.9. The van der Waals surface area contributed by atoms with E-state index in [-0.39, 0.29) is 6.61 Å². The average Bonchev–Trinajstić information content (AvgIpc) is 2.28. The SMILES string of the molecule is O=P(O)(O)OCCc1cccc2ccccc12. The number of rotatable bonds is 4. The fourth-order valence-corrected chi connectivity index (χ4v) is 2.11. The predicted molar refractivity (Wildman–Crippen MR) is 65.6 cm³/mol. The van der Waals surface area contributed by atoms with Crippen molar-refractivity contribution in [2.24, 2.45) is 0 Å². The molecule has 0 aromatic heterocycles. The molecule has 0 unspecified atom stereocenters. The summed E-state index contributed by atoms with van der Waals surface area (Å²) in [5, 5.41) is 2.20. The van der Waals surface area contributed by atoms with E-state index >= 15 is 0 Å². The van der Waals surface area contributed by atoms with Crippen LogP contribution in [0.25, 0.3) is 10.8 Å². The van der Waals surface area contributed by atoms with Gasteiger partial charge in [-0.2, -0.15) is 0 Å². The number of phosphoric acid groups is 1. The molecule has 2 aromatic carbocycles. The van der Waals surface area contributed by atoms with E-state index in [9.17, 15) is 4.57 Å². The second-order valence-corrected chi connectivity index (χ2v) is 4.95. The molecule has 0 saturated heterocycles. The number of phosphoric ester groups is 1. The van der Waals surface area contributed by atoms with E-state index in [1.54, 1.807) is 0 Å². The molecule has 2 rings (SSSR count). The molecule has 0 saturated carbocycles. The molecule has 0 amide bonds. The summed E-state index contributed by atoms with van der Waals surface area (Å²) in [7, 11) is -4.36. The Morgan fingerprint density at radius 1 is 1.06 bits per heavy atom. The van der Waals surface area contributed by atoms with E-state index in [4.69, 9.17) is 9.79 Å². The highest BCUT2D eigenvalue weighted by atomic mass is 31.2. The van der Waals surface area contributed by atoms with Gasteiger partial charge >= 0.3 is 7.82 Å². The molecule has 0 atom stereocenters. The molecule has 0 radical (unpaired) electrons. The summed E-state index contributed by atoms with van der Waals surface area (Å²) < 4.78 is 15.0. The van der Waals surface area contributed by atoms with E-state index in [0.29, 0.717) is 6.42 Å². The van der Waals surface area contributed by atoms with Crippen LogP contribution in [0.1, 0.15) is 5.56 Å². The fraction of sp³-hybridized carbons (Fsp3) is 0.167. The van der Waals surface area contributed by atoms with Gasteiger partial charge < -0.3 is 9.79 Å². The van der Waals surface area contributed by atoms with Crippen LogP contribution in [-0.4, -0.2) is 16.4 Å². The van der Waals surface area contributed by atoms with Gasteiger partial charge in [-0.25, -0.2) is 4.57 Å². The molecule has 0 heterocycles. The lowest BCUT2D eigenvalue weighted by Crippen LogP contribution is -1.97. The van der Waals surface area contributed by atoms with Crippen LogP contribution < -0.4 is 0 Å². The van der Waals surface area contributed by atoms with Gasteiger partial charge in [0.2, 0.25) is 0 Å². The average molecular weight is 252 g/mol. The van der Waals surface area contributed by atoms with Gasteiger partial charge in [0.1, 0.15) is 0 Å². The minimum atomic E-state index is -4.36. The van der Waals surface area contributed by atoms with Gasteiger partial charge in [0.05, 0.1) is 6.61 Å². The van der Waals surface area contributed by atoms with Gasteiger partial charge in [0.15, 0.2) is 0 Å². The molecule has 0 aliphatic rings. The van der Waals surface area contributed by atoms with Crippen molar-refractivity contribution in [3.63, 3.8) is 0 Å². The molecule has 0 spiro atoms. The summed E-state index contributed by atoms with van der Waals surface area (Å²) in [4.78, 5) is 17.2. The minimum absolute atomic E-state index is 0.0122. The van der Waals surface area contributed by atoms with Gasteiger partial charge in [0.25, 0.3) is 0 Å². The number of hydrogen-bond donors (Lipinski definition) is 2. The molecule has 4 nitrogen and oxygen atoms in total. The monoisotopic (exact) mass is 252 g/mol. The van der Waals surface area contributed by atoms with Crippen molar-refractivity contribution in [3.05, 3.63) is 48.0 Å². The lowest BCUT2D eigenvalue weighted by atomic mass is 10.0. The smallest absolute Gasteiger partial charge is 0.303 e. The summed E-state index contributed by atoms with van der Waals surface area (Å²) in [6.45, 7) is 0.0122. The highest BCUT2D eigenvalue weighted by molar-refractivity contribution is 7.46. The highest BCUT2D eigenvalue weighted by Gasteiger charge is 2.13. The van der Waals surface area contributed by atoms with Gasteiger partial charge in [-0.05, 0) is 22.8 Å². The third kappa shape index (κ3) is 3.38. The maximum absolute atomic E-state index is 10.6. The summed E-state index contributed by atoms with van der Waals surface area (Å²) >= 11 is 0. The van der Waals surface area contributed by atoms with Crippen LogP contribution in [0.2, 0.25) is 0 Å². The van der Waals surface area contributed by atoms with Crippen molar-refractivity contribution in [1.29, 1.82) is 0 Å². The maximum Gasteiger partial charge on any atom is 0.469 e. The lowest BCUT2D eigenvalue weighted by molar-refractivity contribution is 0.199. The minimum Gasteiger partial charge on any atom is -0.303 e. The fourth-order valence-electron chi connectivity index (χ4n) is 1.79. The van der Waals surface area contributed by atoms with E-state index < -0.39 is 7.82 Å². The largest absolute Gasteiger partial charge is 0.469 e. The first-order chi connectivity index (χ1) is 8.06. The summed E-state index contributed by atoms with van der Waals surface area (Å²) in [5.41, 5.74) is 1.02. The molecule has 2 N–H and O–H groups in total. The molecule has 0 fully saturated rings. The van der Waals surface area contributed by atoms with Crippen LogP contribution in [0.5, 0.6) is 0 Å². The van der Waals surface area contributed by atoms with Gasteiger partial charge in [-0.1, -0.05) is 42.5 Å². The standard InChI is InChI=1S/C12H13O4P/c13-17(14,15)16-9-8-11-6-3-5-10-4-1-2-7-12(10)11/h1-7H,8-9H2,(H2,13,14,15). The van der Waals surface area contributed by atoms with Crippen LogP contribution in [-0.2, 0) is 15.5 Å². The van der Waals surface area contributed by atoms with Crippen molar-refractivity contribution in [1.82, 2.24) is 0 Å². The third-order valence-electron chi connectivity index (χ3n) is 2.51. The molecular formula is C12H13O4P. The van der Waals surface area contributed by atoms with Crippen LogP contribution in [0, 0.1) is 0 Å². The van der Waals surface area contributed by atoms with Gasteiger partial charge in [-0.15, -0.1) is 0 Å². The number of benzene rings is 2. The summed E-state index contributed by atoms with van der Waals surface area (Å²) in [6, 6.07) is 13.8. The molecule has 0 bridgehead atoms. The topological polar surface area (TPSA) is 66.8 Å². The van der Waals surface area contributed by atoms with E-state index in [2.05, 4.69) is 4.52 Å². The Hall–Kier alpha value is -1.19. The second kappa shape index (κ2) is 4.98. The van der Waals surface area contributed by atoms with E-state index in [1.165, 1.54) is 0 Å². The third-order valence-corrected chi connectivity index (χ3v) is 3.03. The Kier molecular flexibility index (Phi) is 3.60. The first-order valence-corrected chi connectivity index (χ1v) is 6.76. The van der Waals surface area contributed by atoms with Crippen LogP contribution >= 0.6 is 7.82 Å². The maximum atomic E-state index is 10.6. The summed E-state index contributed by atoms with van der Waals surface area (Å²) in [6.07, 6.45) is 0.479. The van der Waals surface area contributed by atoms with Gasteiger partial charge in [0, 0.05) is 0 Å². The van der Waals surface area contributed by atoms with Crippen LogP contribution in [0.4, 0.5) is 0 Å². The summed E-state index contributed by atoms with van der Waals surface area (Å²) in [5.74, 6) is 0.